The normalized spacial score (nSPS) is 10.3. The SMILES string of the molecule is Cc1ccc(-c2nnc(NC(=O)Nc3cccc(Cl)c3)s2)cc1. The Bertz CT molecular complexity index is 832. The number of halogens is 1. The van der Waals surface area contributed by atoms with E-state index in [2.05, 4.69) is 20.8 Å². The molecule has 0 spiro atoms. The Morgan fingerprint density at radius 2 is 1.87 bits per heavy atom. The Morgan fingerprint density at radius 3 is 2.61 bits per heavy atom. The van der Waals surface area contributed by atoms with E-state index < -0.39 is 0 Å². The zero-order valence-corrected chi connectivity index (χ0v) is 13.8. The lowest BCUT2D eigenvalue weighted by Gasteiger charge is -2.04. The highest BCUT2D eigenvalue weighted by atomic mass is 35.5. The molecule has 0 saturated carbocycles. The number of hydrogen-bond acceptors (Lipinski definition) is 4. The maximum absolute atomic E-state index is 12.0. The number of carbonyl (C=O) groups is 1. The minimum atomic E-state index is -0.390. The van der Waals surface area contributed by atoms with Crippen LogP contribution in [0.3, 0.4) is 0 Å². The van der Waals surface area contributed by atoms with Gasteiger partial charge in [-0.05, 0) is 25.1 Å². The van der Waals surface area contributed by atoms with E-state index >= 15 is 0 Å². The highest BCUT2D eigenvalue weighted by molar-refractivity contribution is 7.18. The molecule has 3 rings (SSSR count). The van der Waals surface area contributed by atoms with Crippen molar-refractivity contribution in [3.63, 3.8) is 0 Å². The monoisotopic (exact) mass is 344 g/mol. The van der Waals surface area contributed by atoms with Crippen molar-refractivity contribution in [1.29, 1.82) is 0 Å². The van der Waals surface area contributed by atoms with Crippen LogP contribution in [-0.4, -0.2) is 16.2 Å². The third-order valence-corrected chi connectivity index (χ3v) is 4.15. The second kappa shape index (κ2) is 6.76. The Hall–Kier alpha value is -2.44. The van der Waals surface area contributed by atoms with Gasteiger partial charge in [-0.1, -0.05) is 58.8 Å². The van der Waals surface area contributed by atoms with Crippen LogP contribution in [0.15, 0.2) is 48.5 Å². The Balaban J connectivity index is 1.66. The topological polar surface area (TPSA) is 66.9 Å². The first-order chi connectivity index (χ1) is 11.1. The van der Waals surface area contributed by atoms with Gasteiger partial charge in [0.2, 0.25) is 5.13 Å². The van der Waals surface area contributed by atoms with Crippen molar-refractivity contribution < 1.29 is 4.79 Å². The number of urea groups is 1. The minimum absolute atomic E-state index is 0.390. The molecule has 23 heavy (non-hydrogen) atoms. The molecule has 2 aromatic carbocycles. The summed E-state index contributed by atoms with van der Waals surface area (Å²) in [6.07, 6.45) is 0. The molecule has 1 heterocycles. The summed E-state index contributed by atoms with van der Waals surface area (Å²) >= 11 is 7.19. The molecular formula is C16H13ClN4OS. The first-order valence-electron chi connectivity index (χ1n) is 6.84. The molecule has 3 aromatic rings. The van der Waals surface area contributed by atoms with Crippen LogP contribution in [0.25, 0.3) is 10.6 Å². The van der Waals surface area contributed by atoms with E-state index in [9.17, 15) is 4.79 Å². The summed E-state index contributed by atoms with van der Waals surface area (Å²) in [5.74, 6) is 0. The Kier molecular flexibility index (Phi) is 4.55. The van der Waals surface area contributed by atoms with Crippen LogP contribution >= 0.6 is 22.9 Å². The minimum Gasteiger partial charge on any atom is -0.308 e. The first kappa shape index (κ1) is 15.5. The van der Waals surface area contributed by atoms with Gasteiger partial charge < -0.3 is 5.32 Å². The predicted octanol–water partition coefficient (Wildman–Crippen LogP) is 4.81. The van der Waals surface area contributed by atoms with Crippen LogP contribution in [0.2, 0.25) is 5.02 Å². The summed E-state index contributed by atoms with van der Waals surface area (Å²) in [7, 11) is 0. The molecule has 0 bridgehead atoms. The molecule has 0 radical (unpaired) electrons. The van der Waals surface area contributed by atoms with Gasteiger partial charge in [0.1, 0.15) is 5.01 Å². The van der Waals surface area contributed by atoms with Gasteiger partial charge in [0, 0.05) is 16.3 Å². The number of nitrogens with one attached hydrogen (secondary N) is 2. The van der Waals surface area contributed by atoms with E-state index in [0.29, 0.717) is 15.8 Å². The number of benzene rings is 2. The first-order valence-corrected chi connectivity index (χ1v) is 8.04. The van der Waals surface area contributed by atoms with Gasteiger partial charge in [0.05, 0.1) is 0 Å². The molecule has 0 saturated heterocycles. The summed E-state index contributed by atoms with van der Waals surface area (Å²) in [6.45, 7) is 2.02. The highest BCUT2D eigenvalue weighted by Gasteiger charge is 2.09. The molecule has 0 aliphatic carbocycles. The number of aromatic nitrogens is 2. The Labute approximate surface area is 142 Å². The van der Waals surface area contributed by atoms with Crippen LogP contribution in [0.1, 0.15) is 5.56 Å². The molecule has 0 aliphatic heterocycles. The molecule has 0 fully saturated rings. The van der Waals surface area contributed by atoms with Crippen molar-refractivity contribution in [3.05, 3.63) is 59.1 Å². The van der Waals surface area contributed by atoms with Crippen molar-refractivity contribution >= 4 is 39.8 Å². The average Bonchev–Trinajstić information content (AvgIpc) is 2.96. The molecule has 7 heteroatoms. The molecule has 116 valence electrons. The van der Waals surface area contributed by atoms with Crippen molar-refractivity contribution in [2.75, 3.05) is 10.6 Å². The van der Waals surface area contributed by atoms with E-state index in [1.165, 1.54) is 16.9 Å². The van der Waals surface area contributed by atoms with Crippen molar-refractivity contribution in [3.8, 4) is 10.6 Å². The second-order valence-corrected chi connectivity index (χ2v) is 6.28. The van der Waals surface area contributed by atoms with Crippen molar-refractivity contribution in [2.24, 2.45) is 0 Å². The summed E-state index contributed by atoms with van der Waals surface area (Å²) in [6, 6.07) is 14.5. The van der Waals surface area contributed by atoms with Gasteiger partial charge in [-0.15, -0.1) is 10.2 Å². The van der Waals surface area contributed by atoms with Crippen LogP contribution < -0.4 is 10.6 Å². The fourth-order valence-corrected chi connectivity index (χ4v) is 2.85. The standard InChI is InChI=1S/C16H13ClN4OS/c1-10-5-7-11(8-6-10)14-20-21-16(23-14)19-15(22)18-13-4-2-3-12(17)9-13/h2-9H,1H3,(H2,18,19,21,22). The molecule has 0 unspecified atom stereocenters. The van der Waals surface area contributed by atoms with Gasteiger partial charge in [0.15, 0.2) is 0 Å². The number of carbonyl (C=O) groups excluding carboxylic acids is 1. The number of rotatable bonds is 3. The zero-order chi connectivity index (χ0) is 16.2. The van der Waals surface area contributed by atoms with Crippen LogP contribution in [0.4, 0.5) is 15.6 Å². The molecule has 0 atom stereocenters. The van der Waals surface area contributed by atoms with Gasteiger partial charge in [0.25, 0.3) is 0 Å². The fourth-order valence-electron chi connectivity index (χ4n) is 1.91. The number of hydrogen-bond donors (Lipinski definition) is 2. The van der Waals surface area contributed by atoms with E-state index in [-0.39, 0.29) is 6.03 Å². The fraction of sp³-hybridized carbons (Fsp3) is 0.0625. The van der Waals surface area contributed by atoms with Gasteiger partial charge in [-0.2, -0.15) is 0 Å². The maximum Gasteiger partial charge on any atom is 0.325 e. The van der Waals surface area contributed by atoms with Crippen molar-refractivity contribution in [2.45, 2.75) is 6.92 Å². The van der Waals surface area contributed by atoms with Gasteiger partial charge in [-0.3, -0.25) is 5.32 Å². The highest BCUT2D eigenvalue weighted by Crippen LogP contribution is 2.26. The van der Waals surface area contributed by atoms with Gasteiger partial charge >= 0.3 is 6.03 Å². The third-order valence-electron chi connectivity index (χ3n) is 3.03. The maximum atomic E-state index is 12.0. The Morgan fingerprint density at radius 1 is 1.09 bits per heavy atom. The lowest BCUT2D eigenvalue weighted by Crippen LogP contribution is -2.19. The predicted molar refractivity (Wildman–Crippen MR) is 94.2 cm³/mol. The summed E-state index contributed by atoms with van der Waals surface area (Å²) in [4.78, 5) is 12.0. The molecule has 2 N–H and O–H groups in total. The number of anilines is 2. The third kappa shape index (κ3) is 4.06. The van der Waals surface area contributed by atoms with Crippen LogP contribution in [0.5, 0.6) is 0 Å². The number of amides is 2. The molecule has 2 amide bonds. The summed E-state index contributed by atoms with van der Waals surface area (Å²) in [5.41, 5.74) is 2.76. The molecule has 0 aliphatic rings. The van der Waals surface area contributed by atoms with Crippen LogP contribution in [-0.2, 0) is 0 Å². The van der Waals surface area contributed by atoms with Gasteiger partial charge in [-0.25, -0.2) is 4.79 Å². The van der Waals surface area contributed by atoms with E-state index in [0.717, 1.165) is 10.6 Å². The molecular weight excluding hydrogens is 332 g/mol. The quantitative estimate of drug-likeness (QED) is 0.716. The summed E-state index contributed by atoms with van der Waals surface area (Å²) < 4.78 is 0. The molecule has 1 aromatic heterocycles. The second-order valence-electron chi connectivity index (χ2n) is 4.87. The lowest BCUT2D eigenvalue weighted by molar-refractivity contribution is 0.262. The van der Waals surface area contributed by atoms with Crippen molar-refractivity contribution in [1.82, 2.24) is 10.2 Å². The van der Waals surface area contributed by atoms with E-state index in [1.54, 1.807) is 24.3 Å². The largest absolute Gasteiger partial charge is 0.325 e. The van der Waals surface area contributed by atoms with E-state index in [4.69, 9.17) is 11.6 Å². The lowest BCUT2D eigenvalue weighted by atomic mass is 10.2. The van der Waals surface area contributed by atoms with Crippen LogP contribution in [0, 0.1) is 6.92 Å². The number of nitrogens with zero attached hydrogens (tertiary/aromatic N) is 2. The summed E-state index contributed by atoms with van der Waals surface area (Å²) in [5, 5.41) is 15.2. The average molecular weight is 345 g/mol. The number of aryl methyl sites for hydroxylation is 1. The molecule has 5 nitrogen and oxygen atoms in total. The zero-order valence-electron chi connectivity index (χ0n) is 12.2. The smallest absolute Gasteiger partial charge is 0.308 e. The van der Waals surface area contributed by atoms with E-state index in [1.807, 2.05) is 31.2 Å².